The van der Waals surface area contributed by atoms with Crippen LogP contribution in [0.1, 0.15) is 0 Å². The second-order valence-corrected chi connectivity index (χ2v) is 5.48. The maximum Gasteiger partial charge on any atom is 0.258 e. The molecule has 1 amide bonds. The van der Waals surface area contributed by atoms with Crippen molar-refractivity contribution in [3.05, 3.63) is 53.6 Å². The quantitative estimate of drug-likeness (QED) is 0.914. The lowest BCUT2D eigenvalue weighted by Gasteiger charge is -2.26. The normalized spacial score (nSPS) is 15.8. The molecule has 1 N–H and O–H groups in total. The summed E-state index contributed by atoms with van der Waals surface area (Å²) in [5.41, 5.74) is 0. The van der Waals surface area contributed by atoms with Gasteiger partial charge in [0.15, 0.2) is 18.1 Å². The molecule has 1 aliphatic heterocycles. The van der Waals surface area contributed by atoms with Crippen molar-refractivity contribution in [3.8, 4) is 17.2 Å². The number of fused-ring (bicyclic) bond motifs is 1. The molecule has 0 fully saturated rings. The first-order valence-electron chi connectivity index (χ1n) is 7.24. The zero-order valence-electron chi connectivity index (χ0n) is 12.3. The smallest absolute Gasteiger partial charge is 0.258 e. The lowest BCUT2D eigenvalue weighted by molar-refractivity contribution is -0.123. The summed E-state index contributed by atoms with van der Waals surface area (Å²) >= 11 is 5.79. The van der Waals surface area contributed by atoms with Gasteiger partial charge in [-0.2, -0.15) is 0 Å². The van der Waals surface area contributed by atoms with Crippen LogP contribution in [0.25, 0.3) is 0 Å². The number of para-hydroxylation sites is 2. The first kappa shape index (κ1) is 15.5. The molecule has 5 nitrogen and oxygen atoms in total. The Balaban J connectivity index is 1.42. The van der Waals surface area contributed by atoms with Crippen LogP contribution in [0.2, 0.25) is 5.02 Å². The van der Waals surface area contributed by atoms with Gasteiger partial charge >= 0.3 is 0 Å². The van der Waals surface area contributed by atoms with Gasteiger partial charge in [0, 0.05) is 5.02 Å². The number of carbonyl (C=O) groups is 1. The molecule has 2 aromatic carbocycles. The molecule has 120 valence electrons. The fraction of sp³-hybridized carbons (Fsp3) is 0.235. The van der Waals surface area contributed by atoms with Crippen LogP contribution in [-0.2, 0) is 4.79 Å². The Bertz CT molecular complexity index is 675. The van der Waals surface area contributed by atoms with E-state index in [9.17, 15) is 4.79 Å². The van der Waals surface area contributed by atoms with E-state index in [1.54, 1.807) is 24.3 Å². The molecule has 23 heavy (non-hydrogen) atoms. The molecule has 0 aromatic heterocycles. The number of benzene rings is 2. The van der Waals surface area contributed by atoms with Gasteiger partial charge in [-0.05, 0) is 36.4 Å². The summed E-state index contributed by atoms with van der Waals surface area (Å²) in [6.07, 6.45) is -0.218. The molecule has 2 aromatic rings. The summed E-state index contributed by atoms with van der Waals surface area (Å²) in [5.74, 6) is 1.79. The van der Waals surface area contributed by atoms with E-state index in [4.69, 9.17) is 25.8 Å². The molecule has 1 aliphatic rings. The first-order valence-corrected chi connectivity index (χ1v) is 7.62. The third-order valence-corrected chi connectivity index (χ3v) is 3.53. The SMILES string of the molecule is O=C(COc1ccc(Cl)cc1)NC[C@H]1COc2ccccc2O1. The lowest BCUT2D eigenvalue weighted by atomic mass is 10.2. The zero-order valence-corrected chi connectivity index (χ0v) is 13.1. The van der Waals surface area contributed by atoms with Crippen LogP contribution in [0.15, 0.2) is 48.5 Å². The Morgan fingerprint density at radius 1 is 1.17 bits per heavy atom. The minimum atomic E-state index is -0.220. The molecule has 6 heteroatoms. The van der Waals surface area contributed by atoms with E-state index in [1.807, 2.05) is 24.3 Å². The van der Waals surface area contributed by atoms with Gasteiger partial charge in [0.25, 0.3) is 5.91 Å². The lowest BCUT2D eigenvalue weighted by Crippen LogP contribution is -2.42. The van der Waals surface area contributed by atoms with Crippen LogP contribution in [0, 0.1) is 0 Å². The highest BCUT2D eigenvalue weighted by molar-refractivity contribution is 6.30. The van der Waals surface area contributed by atoms with Crippen LogP contribution in [0.4, 0.5) is 0 Å². The zero-order chi connectivity index (χ0) is 16.1. The predicted octanol–water partition coefficient (Wildman–Crippen LogP) is 2.68. The highest BCUT2D eigenvalue weighted by atomic mass is 35.5. The molecule has 0 unspecified atom stereocenters. The minimum Gasteiger partial charge on any atom is -0.486 e. The fourth-order valence-corrected chi connectivity index (χ4v) is 2.25. The Labute approximate surface area is 139 Å². The third-order valence-electron chi connectivity index (χ3n) is 3.28. The maximum atomic E-state index is 11.8. The monoisotopic (exact) mass is 333 g/mol. The number of ether oxygens (including phenoxy) is 3. The number of amides is 1. The molecule has 0 bridgehead atoms. The molecule has 0 spiro atoms. The second-order valence-electron chi connectivity index (χ2n) is 5.04. The molecule has 0 aliphatic carbocycles. The highest BCUT2D eigenvalue weighted by Gasteiger charge is 2.20. The van der Waals surface area contributed by atoms with Crippen molar-refractivity contribution in [2.45, 2.75) is 6.10 Å². The van der Waals surface area contributed by atoms with Gasteiger partial charge < -0.3 is 19.5 Å². The van der Waals surface area contributed by atoms with E-state index in [0.29, 0.717) is 29.7 Å². The summed E-state index contributed by atoms with van der Waals surface area (Å²) in [6.45, 7) is 0.693. The van der Waals surface area contributed by atoms with Gasteiger partial charge in [0.2, 0.25) is 0 Å². The second kappa shape index (κ2) is 7.24. The third kappa shape index (κ3) is 4.29. The van der Waals surface area contributed by atoms with Gasteiger partial charge in [0.05, 0.1) is 6.54 Å². The number of rotatable bonds is 5. The summed E-state index contributed by atoms with van der Waals surface area (Å²) in [4.78, 5) is 11.8. The molecule has 1 atom stereocenters. The summed E-state index contributed by atoms with van der Waals surface area (Å²) < 4.78 is 16.7. The van der Waals surface area contributed by atoms with E-state index in [1.165, 1.54) is 0 Å². The largest absolute Gasteiger partial charge is 0.486 e. The fourth-order valence-electron chi connectivity index (χ4n) is 2.12. The van der Waals surface area contributed by atoms with E-state index in [0.717, 1.165) is 5.75 Å². The van der Waals surface area contributed by atoms with Crippen LogP contribution in [-0.4, -0.2) is 31.8 Å². The molecule has 0 saturated carbocycles. The van der Waals surface area contributed by atoms with Crippen molar-refractivity contribution in [2.75, 3.05) is 19.8 Å². The standard InChI is InChI=1S/C17H16ClNO4/c18-12-5-7-13(8-6-12)21-11-17(20)19-9-14-10-22-15-3-1-2-4-16(15)23-14/h1-8,14H,9-11H2,(H,19,20)/t14-/m0/s1. The highest BCUT2D eigenvalue weighted by Crippen LogP contribution is 2.30. The van der Waals surface area contributed by atoms with Crippen molar-refractivity contribution < 1.29 is 19.0 Å². The van der Waals surface area contributed by atoms with Gasteiger partial charge in [-0.3, -0.25) is 4.79 Å². The number of hydrogen-bond donors (Lipinski definition) is 1. The predicted molar refractivity (Wildman–Crippen MR) is 86.3 cm³/mol. The summed E-state index contributed by atoms with van der Waals surface area (Å²) in [6, 6.07) is 14.3. The van der Waals surface area contributed by atoms with Crippen LogP contribution >= 0.6 is 11.6 Å². The number of nitrogens with one attached hydrogen (secondary N) is 1. The summed E-state index contributed by atoms with van der Waals surface area (Å²) in [5, 5.41) is 3.39. The van der Waals surface area contributed by atoms with Crippen LogP contribution in [0.3, 0.4) is 0 Å². The Hall–Kier alpha value is -2.40. The topological polar surface area (TPSA) is 56.8 Å². The van der Waals surface area contributed by atoms with E-state index in [2.05, 4.69) is 5.32 Å². The van der Waals surface area contributed by atoms with Crippen molar-refractivity contribution in [1.82, 2.24) is 5.32 Å². The number of hydrogen-bond acceptors (Lipinski definition) is 4. The molecule has 1 heterocycles. The Morgan fingerprint density at radius 3 is 2.70 bits per heavy atom. The van der Waals surface area contributed by atoms with E-state index >= 15 is 0 Å². The average molecular weight is 334 g/mol. The average Bonchev–Trinajstić information content (AvgIpc) is 2.59. The maximum absolute atomic E-state index is 11.8. The molecule has 3 rings (SSSR count). The summed E-state index contributed by atoms with van der Waals surface area (Å²) in [7, 11) is 0. The van der Waals surface area contributed by atoms with Gasteiger partial charge in [-0.1, -0.05) is 23.7 Å². The molecule has 0 saturated heterocycles. The van der Waals surface area contributed by atoms with Gasteiger partial charge in [0.1, 0.15) is 18.5 Å². The van der Waals surface area contributed by atoms with Crippen molar-refractivity contribution in [1.29, 1.82) is 0 Å². The van der Waals surface area contributed by atoms with Gasteiger partial charge in [-0.25, -0.2) is 0 Å². The van der Waals surface area contributed by atoms with Crippen molar-refractivity contribution in [2.24, 2.45) is 0 Å². The Kier molecular flexibility index (Phi) is 4.88. The first-order chi connectivity index (χ1) is 11.2. The molecular formula is C17H16ClNO4. The Morgan fingerprint density at radius 2 is 1.91 bits per heavy atom. The van der Waals surface area contributed by atoms with Crippen molar-refractivity contribution >= 4 is 17.5 Å². The van der Waals surface area contributed by atoms with E-state index in [-0.39, 0.29) is 18.6 Å². The van der Waals surface area contributed by atoms with Crippen LogP contribution in [0.5, 0.6) is 17.2 Å². The van der Waals surface area contributed by atoms with Gasteiger partial charge in [-0.15, -0.1) is 0 Å². The van der Waals surface area contributed by atoms with E-state index < -0.39 is 0 Å². The minimum absolute atomic E-state index is 0.0637. The van der Waals surface area contributed by atoms with Crippen molar-refractivity contribution in [3.63, 3.8) is 0 Å². The number of halogens is 1. The molecule has 0 radical (unpaired) electrons. The molecular weight excluding hydrogens is 318 g/mol. The number of carbonyl (C=O) groups excluding carboxylic acids is 1. The van der Waals surface area contributed by atoms with Crippen LogP contribution < -0.4 is 19.5 Å².